The molecule has 0 aromatic heterocycles. The van der Waals surface area contributed by atoms with Gasteiger partial charge in [-0.05, 0) is 45.3 Å². The van der Waals surface area contributed by atoms with Crippen LogP contribution in [0, 0.1) is 0 Å². The van der Waals surface area contributed by atoms with Crippen molar-refractivity contribution in [2.24, 2.45) is 0 Å². The highest BCUT2D eigenvalue weighted by Gasteiger charge is 2.54. The van der Waals surface area contributed by atoms with Gasteiger partial charge in [-0.25, -0.2) is 4.79 Å². The number of aldehydes is 1. The van der Waals surface area contributed by atoms with Crippen LogP contribution in [0.3, 0.4) is 0 Å². The first-order valence-corrected chi connectivity index (χ1v) is 10.2. The summed E-state index contributed by atoms with van der Waals surface area (Å²) in [7, 11) is 5.98. The molecule has 1 aromatic rings. The molecule has 6 heteroatoms. The standard InChI is InChI=1S/C22H33N3O3/c1-23(2)22(19-8-5-4-6-9-19)12-10-21(11-13-22)18-24(14-7-16-26)20(27)25(21)15-17-28-3/h4-6,8-9,16H,7,10-15,17-18H2,1-3H3/t21-,22+. The van der Waals surface area contributed by atoms with Gasteiger partial charge >= 0.3 is 6.03 Å². The minimum Gasteiger partial charge on any atom is -0.383 e. The van der Waals surface area contributed by atoms with Crippen LogP contribution < -0.4 is 0 Å². The van der Waals surface area contributed by atoms with E-state index in [1.807, 2.05) is 9.80 Å². The molecule has 154 valence electrons. The molecule has 0 radical (unpaired) electrons. The lowest BCUT2D eigenvalue weighted by Crippen LogP contribution is -2.56. The van der Waals surface area contributed by atoms with E-state index in [1.54, 1.807) is 7.11 Å². The molecule has 2 amide bonds. The zero-order valence-corrected chi connectivity index (χ0v) is 17.4. The summed E-state index contributed by atoms with van der Waals surface area (Å²) < 4.78 is 5.27. The van der Waals surface area contributed by atoms with Gasteiger partial charge in [0.25, 0.3) is 0 Å². The molecule has 2 fully saturated rings. The Hall–Kier alpha value is -1.92. The first-order valence-electron chi connectivity index (χ1n) is 10.2. The number of urea groups is 1. The van der Waals surface area contributed by atoms with Gasteiger partial charge in [0.1, 0.15) is 6.29 Å². The molecule has 1 saturated heterocycles. The Balaban J connectivity index is 1.84. The van der Waals surface area contributed by atoms with Crippen LogP contribution in [0.15, 0.2) is 30.3 Å². The lowest BCUT2D eigenvalue weighted by atomic mass is 9.68. The lowest BCUT2D eigenvalue weighted by Gasteiger charge is -2.51. The molecule has 1 spiro atoms. The van der Waals surface area contributed by atoms with Crippen molar-refractivity contribution in [3.63, 3.8) is 0 Å². The van der Waals surface area contributed by atoms with Crippen molar-refractivity contribution in [1.29, 1.82) is 0 Å². The molecule has 1 aliphatic carbocycles. The van der Waals surface area contributed by atoms with E-state index < -0.39 is 0 Å². The average molecular weight is 388 g/mol. The summed E-state index contributed by atoms with van der Waals surface area (Å²) in [5.74, 6) is 0. The van der Waals surface area contributed by atoms with Crippen molar-refractivity contribution < 1.29 is 14.3 Å². The van der Waals surface area contributed by atoms with Crippen LogP contribution in [0.2, 0.25) is 0 Å². The van der Waals surface area contributed by atoms with Crippen LogP contribution in [-0.4, -0.2) is 80.0 Å². The van der Waals surface area contributed by atoms with Gasteiger partial charge in [0.2, 0.25) is 0 Å². The predicted octanol–water partition coefficient (Wildman–Crippen LogP) is 2.73. The van der Waals surface area contributed by atoms with Gasteiger partial charge in [-0.3, -0.25) is 4.90 Å². The SMILES string of the molecule is COCCN1C(=O)N(CCC=O)C[C@]12CC[C@](c1ccccc1)(N(C)C)CC2. The molecule has 1 aliphatic heterocycles. The summed E-state index contributed by atoms with van der Waals surface area (Å²) >= 11 is 0. The number of hydrogen-bond acceptors (Lipinski definition) is 4. The van der Waals surface area contributed by atoms with Gasteiger partial charge in [0.15, 0.2) is 0 Å². The molecule has 0 unspecified atom stereocenters. The largest absolute Gasteiger partial charge is 0.383 e. The number of benzene rings is 1. The highest BCUT2D eigenvalue weighted by molar-refractivity contribution is 5.78. The Morgan fingerprint density at radius 3 is 2.36 bits per heavy atom. The maximum atomic E-state index is 13.0. The Morgan fingerprint density at radius 1 is 1.11 bits per heavy atom. The average Bonchev–Trinajstić information content (AvgIpc) is 2.97. The molecule has 1 aromatic carbocycles. The van der Waals surface area contributed by atoms with Crippen molar-refractivity contribution in [3.8, 4) is 0 Å². The number of methoxy groups -OCH3 is 1. The van der Waals surface area contributed by atoms with Crippen LogP contribution in [0.4, 0.5) is 4.79 Å². The van der Waals surface area contributed by atoms with Gasteiger partial charge in [-0.1, -0.05) is 30.3 Å². The summed E-state index contributed by atoms with van der Waals surface area (Å²) in [4.78, 5) is 30.1. The maximum absolute atomic E-state index is 13.0. The second kappa shape index (κ2) is 8.62. The summed E-state index contributed by atoms with van der Waals surface area (Å²) in [5.41, 5.74) is 1.19. The van der Waals surface area contributed by atoms with Crippen LogP contribution in [0.1, 0.15) is 37.7 Å². The fraction of sp³-hybridized carbons (Fsp3) is 0.636. The third-order valence-corrected chi connectivity index (χ3v) is 6.77. The van der Waals surface area contributed by atoms with Gasteiger partial charge in [0, 0.05) is 38.7 Å². The summed E-state index contributed by atoms with van der Waals surface area (Å²) in [5, 5.41) is 0. The second-order valence-electron chi connectivity index (χ2n) is 8.32. The minimum absolute atomic E-state index is 0.00129. The highest BCUT2D eigenvalue weighted by atomic mass is 16.5. The van der Waals surface area contributed by atoms with Gasteiger partial charge in [0.05, 0.1) is 12.1 Å². The molecule has 2 aliphatic rings. The van der Waals surface area contributed by atoms with Crippen LogP contribution in [0.25, 0.3) is 0 Å². The van der Waals surface area contributed by atoms with Gasteiger partial charge < -0.3 is 19.3 Å². The number of rotatable bonds is 8. The van der Waals surface area contributed by atoms with E-state index in [0.717, 1.165) is 32.0 Å². The van der Waals surface area contributed by atoms with Crippen LogP contribution in [0.5, 0.6) is 0 Å². The number of nitrogens with zero attached hydrogens (tertiary/aromatic N) is 3. The van der Waals surface area contributed by atoms with Gasteiger partial charge in [-0.15, -0.1) is 0 Å². The molecular weight excluding hydrogens is 354 g/mol. The number of amides is 2. The van der Waals surface area contributed by atoms with E-state index >= 15 is 0 Å². The van der Waals surface area contributed by atoms with E-state index in [4.69, 9.17) is 4.74 Å². The molecule has 0 bridgehead atoms. The number of carbonyl (C=O) groups is 2. The van der Waals surface area contributed by atoms with E-state index in [9.17, 15) is 9.59 Å². The molecule has 28 heavy (non-hydrogen) atoms. The topological polar surface area (TPSA) is 53.1 Å². The first kappa shape index (κ1) is 20.8. The quantitative estimate of drug-likeness (QED) is 0.644. The molecular formula is C22H33N3O3. The number of hydrogen-bond donors (Lipinski definition) is 0. The molecule has 6 nitrogen and oxygen atoms in total. The highest BCUT2D eigenvalue weighted by Crippen LogP contribution is 2.48. The fourth-order valence-corrected chi connectivity index (χ4v) is 5.08. The Bertz CT molecular complexity index is 669. The third-order valence-electron chi connectivity index (χ3n) is 6.77. The number of carbonyl (C=O) groups excluding carboxylic acids is 2. The Morgan fingerprint density at radius 2 is 1.79 bits per heavy atom. The van der Waals surface area contributed by atoms with E-state index in [-0.39, 0.29) is 17.1 Å². The normalized spacial score (nSPS) is 27.8. The molecule has 0 N–H and O–H groups in total. The second-order valence-corrected chi connectivity index (χ2v) is 8.32. The molecule has 1 saturated carbocycles. The van der Waals surface area contributed by atoms with E-state index in [0.29, 0.717) is 32.7 Å². The van der Waals surface area contributed by atoms with Crippen molar-refractivity contribution in [2.45, 2.75) is 43.2 Å². The third kappa shape index (κ3) is 3.67. The van der Waals surface area contributed by atoms with Crippen molar-refractivity contribution in [2.75, 3.05) is 47.4 Å². The predicted molar refractivity (Wildman–Crippen MR) is 109 cm³/mol. The molecule has 0 atom stereocenters. The summed E-state index contributed by atoms with van der Waals surface area (Å²) in [6.45, 7) is 2.35. The molecule has 3 rings (SSSR count). The van der Waals surface area contributed by atoms with Crippen molar-refractivity contribution in [1.82, 2.24) is 14.7 Å². The lowest BCUT2D eigenvalue weighted by molar-refractivity contribution is -0.108. The minimum atomic E-state index is -0.160. The Labute approximate surface area is 168 Å². The Kier molecular flexibility index (Phi) is 6.40. The van der Waals surface area contributed by atoms with Crippen molar-refractivity contribution in [3.05, 3.63) is 35.9 Å². The number of ether oxygens (including phenoxy) is 1. The smallest absolute Gasteiger partial charge is 0.320 e. The monoisotopic (exact) mass is 387 g/mol. The summed E-state index contributed by atoms with van der Waals surface area (Å²) in [6.07, 6.45) is 5.20. The van der Waals surface area contributed by atoms with Crippen LogP contribution >= 0.6 is 0 Å². The zero-order valence-electron chi connectivity index (χ0n) is 17.4. The van der Waals surface area contributed by atoms with Crippen LogP contribution in [-0.2, 0) is 15.1 Å². The van der Waals surface area contributed by atoms with E-state index in [2.05, 4.69) is 49.3 Å². The summed E-state index contributed by atoms with van der Waals surface area (Å²) in [6, 6.07) is 10.8. The fourth-order valence-electron chi connectivity index (χ4n) is 5.08. The van der Waals surface area contributed by atoms with Crippen molar-refractivity contribution >= 4 is 12.3 Å². The maximum Gasteiger partial charge on any atom is 0.320 e. The first-order chi connectivity index (χ1) is 13.5. The zero-order chi connectivity index (χ0) is 20.2. The van der Waals surface area contributed by atoms with Gasteiger partial charge in [-0.2, -0.15) is 0 Å². The van der Waals surface area contributed by atoms with E-state index in [1.165, 1.54) is 5.56 Å². The molecule has 1 heterocycles.